The van der Waals surface area contributed by atoms with Crippen molar-refractivity contribution < 1.29 is 8.42 Å². The van der Waals surface area contributed by atoms with Gasteiger partial charge in [0, 0.05) is 29.4 Å². The number of nitrogens with zero attached hydrogens (tertiary/aromatic N) is 1. The zero-order valence-corrected chi connectivity index (χ0v) is 13.4. The molecule has 1 heterocycles. The molecule has 20 heavy (non-hydrogen) atoms. The van der Waals surface area contributed by atoms with Gasteiger partial charge in [0.15, 0.2) is 0 Å². The molecule has 0 bridgehead atoms. The highest BCUT2D eigenvalue weighted by atomic mass is 32.2. The molecule has 0 saturated carbocycles. The Morgan fingerprint density at radius 2 is 1.95 bits per heavy atom. The molecule has 2 rings (SSSR count). The number of hydrogen-bond donors (Lipinski definition) is 1. The van der Waals surface area contributed by atoms with Gasteiger partial charge in [0.1, 0.15) is 0 Å². The van der Waals surface area contributed by atoms with Gasteiger partial charge < -0.3 is 5.73 Å². The van der Waals surface area contributed by atoms with Crippen LogP contribution < -0.4 is 5.73 Å². The molecule has 1 saturated heterocycles. The third-order valence-corrected chi connectivity index (χ3v) is 6.88. The highest BCUT2D eigenvalue weighted by Crippen LogP contribution is 2.25. The molecule has 1 aliphatic rings. The zero-order chi connectivity index (χ0) is 14.6. The van der Waals surface area contributed by atoms with Crippen LogP contribution in [-0.2, 0) is 10.0 Å². The van der Waals surface area contributed by atoms with Crippen LogP contribution in [0.1, 0.15) is 19.8 Å². The molecule has 1 aliphatic heterocycles. The summed E-state index contributed by atoms with van der Waals surface area (Å²) in [6, 6.07) is 7.56. The second kappa shape index (κ2) is 6.83. The number of para-hydroxylation sites is 1. The molecule has 1 aromatic carbocycles. The van der Waals surface area contributed by atoms with Gasteiger partial charge in [0.25, 0.3) is 0 Å². The summed E-state index contributed by atoms with van der Waals surface area (Å²) in [5, 5.41) is 0. The summed E-state index contributed by atoms with van der Waals surface area (Å²) in [4.78, 5) is 0.954. The second-order valence-electron chi connectivity index (χ2n) is 5.28. The average Bonchev–Trinajstić information content (AvgIpc) is 2.41. The Balaban J connectivity index is 1.85. The number of rotatable bonds is 5. The van der Waals surface area contributed by atoms with Crippen molar-refractivity contribution >= 4 is 27.5 Å². The molecule has 1 fully saturated rings. The van der Waals surface area contributed by atoms with E-state index in [-0.39, 0.29) is 5.75 Å². The van der Waals surface area contributed by atoms with Crippen LogP contribution in [0.15, 0.2) is 29.2 Å². The number of sulfonamides is 1. The molecule has 0 amide bonds. The fourth-order valence-electron chi connectivity index (χ4n) is 2.26. The van der Waals surface area contributed by atoms with Crippen molar-refractivity contribution in [3.05, 3.63) is 24.3 Å². The average molecular weight is 314 g/mol. The summed E-state index contributed by atoms with van der Waals surface area (Å²) in [5.74, 6) is 1.36. The van der Waals surface area contributed by atoms with E-state index in [0.29, 0.717) is 30.4 Å². The first kappa shape index (κ1) is 15.7. The number of thioether (sulfide) groups is 1. The Kier molecular flexibility index (Phi) is 5.35. The minimum atomic E-state index is -3.12. The standard InChI is InChI=1S/C14H22N2O2S2/c1-12-6-8-16(9-7-12)20(17,18)11-10-19-14-5-3-2-4-13(14)15/h2-5,12H,6-11,15H2,1H3. The molecule has 4 nitrogen and oxygen atoms in total. The van der Waals surface area contributed by atoms with E-state index in [2.05, 4.69) is 6.92 Å². The van der Waals surface area contributed by atoms with Gasteiger partial charge in [-0.25, -0.2) is 12.7 Å². The van der Waals surface area contributed by atoms with Crippen LogP contribution in [0.2, 0.25) is 0 Å². The fourth-order valence-corrected chi connectivity index (χ4v) is 5.09. The minimum absolute atomic E-state index is 0.181. The van der Waals surface area contributed by atoms with E-state index < -0.39 is 10.0 Å². The van der Waals surface area contributed by atoms with Crippen molar-refractivity contribution in [2.75, 3.05) is 30.3 Å². The molecule has 6 heteroatoms. The van der Waals surface area contributed by atoms with E-state index in [1.807, 2.05) is 24.3 Å². The van der Waals surface area contributed by atoms with Crippen LogP contribution in [0.3, 0.4) is 0 Å². The predicted molar refractivity (Wildman–Crippen MR) is 85.3 cm³/mol. The SMILES string of the molecule is CC1CCN(S(=O)(=O)CCSc2ccccc2N)CC1. The van der Waals surface area contributed by atoms with E-state index in [4.69, 9.17) is 5.73 Å². The van der Waals surface area contributed by atoms with Crippen LogP contribution >= 0.6 is 11.8 Å². The van der Waals surface area contributed by atoms with Crippen molar-refractivity contribution in [1.82, 2.24) is 4.31 Å². The van der Waals surface area contributed by atoms with Gasteiger partial charge in [-0.3, -0.25) is 0 Å². The maximum Gasteiger partial charge on any atom is 0.214 e. The lowest BCUT2D eigenvalue weighted by Gasteiger charge is -2.29. The molecular formula is C14H22N2O2S2. The predicted octanol–water partition coefficient (Wildman–Crippen LogP) is 2.42. The number of piperidine rings is 1. The first-order valence-corrected chi connectivity index (χ1v) is 9.53. The molecule has 0 atom stereocenters. The molecule has 1 aromatic rings. The fraction of sp³-hybridized carbons (Fsp3) is 0.571. The van der Waals surface area contributed by atoms with Gasteiger partial charge in [-0.1, -0.05) is 19.1 Å². The Morgan fingerprint density at radius 3 is 2.60 bits per heavy atom. The van der Waals surface area contributed by atoms with Crippen molar-refractivity contribution in [2.24, 2.45) is 5.92 Å². The van der Waals surface area contributed by atoms with E-state index in [1.54, 1.807) is 4.31 Å². The summed E-state index contributed by atoms with van der Waals surface area (Å²) >= 11 is 1.51. The summed E-state index contributed by atoms with van der Waals surface area (Å²) in [7, 11) is -3.12. The van der Waals surface area contributed by atoms with Crippen LogP contribution in [-0.4, -0.2) is 37.3 Å². The van der Waals surface area contributed by atoms with Crippen LogP contribution in [0, 0.1) is 5.92 Å². The van der Waals surface area contributed by atoms with Crippen LogP contribution in [0.5, 0.6) is 0 Å². The molecule has 0 aliphatic carbocycles. The quantitative estimate of drug-likeness (QED) is 0.670. The number of nitrogens with two attached hydrogens (primary N) is 1. The Morgan fingerprint density at radius 1 is 1.30 bits per heavy atom. The van der Waals surface area contributed by atoms with Crippen molar-refractivity contribution in [3.8, 4) is 0 Å². The van der Waals surface area contributed by atoms with Gasteiger partial charge in [0.05, 0.1) is 5.75 Å². The summed E-state index contributed by atoms with van der Waals surface area (Å²) in [5.41, 5.74) is 6.56. The molecule has 0 unspecified atom stereocenters. The monoisotopic (exact) mass is 314 g/mol. The van der Waals surface area contributed by atoms with Crippen molar-refractivity contribution in [3.63, 3.8) is 0 Å². The van der Waals surface area contributed by atoms with E-state index in [0.717, 1.165) is 17.7 Å². The maximum atomic E-state index is 12.2. The lowest BCUT2D eigenvalue weighted by Crippen LogP contribution is -2.39. The van der Waals surface area contributed by atoms with E-state index >= 15 is 0 Å². The molecule has 112 valence electrons. The highest BCUT2D eigenvalue weighted by molar-refractivity contribution is 8.00. The number of nitrogen functional groups attached to an aromatic ring is 1. The lowest BCUT2D eigenvalue weighted by atomic mass is 10.0. The second-order valence-corrected chi connectivity index (χ2v) is 8.51. The van der Waals surface area contributed by atoms with Crippen molar-refractivity contribution in [1.29, 1.82) is 0 Å². The molecule has 0 radical (unpaired) electrons. The largest absolute Gasteiger partial charge is 0.398 e. The minimum Gasteiger partial charge on any atom is -0.398 e. The van der Waals surface area contributed by atoms with Gasteiger partial charge in [-0.15, -0.1) is 11.8 Å². The summed E-state index contributed by atoms with van der Waals surface area (Å²) in [6.45, 7) is 3.52. The number of anilines is 1. The Labute approximate surface area is 125 Å². The smallest absolute Gasteiger partial charge is 0.214 e. The van der Waals surface area contributed by atoms with Crippen LogP contribution in [0.4, 0.5) is 5.69 Å². The zero-order valence-electron chi connectivity index (χ0n) is 11.8. The van der Waals surface area contributed by atoms with Crippen LogP contribution in [0.25, 0.3) is 0 Å². The van der Waals surface area contributed by atoms with Gasteiger partial charge in [-0.05, 0) is 30.9 Å². The van der Waals surface area contributed by atoms with Crippen molar-refractivity contribution in [2.45, 2.75) is 24.7 Å². The summed E-state index contributed by atoms with van der Waals surface area (Å²) in [6.07, 6.45) is 1.94. The highest BCUT2D eigenvalue weighted by Gasteiger charge is 2.25. The normalized spacial score (nSPS) is 18.2. The maximum absolute atomic E-state index is 12.2. The van der Waals surface area contributed by atoms with E-state index in [9.17, 15) is 8.42 Å². The lowest BCUT2D eigenvalue weighted by molar-refractivity contribution is 0.288. The Bertz CT molecular complexity index is 538. The Hall–Kier alpha value is -0.720. The van der Waals surface area contributed by atoms with Gasteiger partial charge in [0.2, 0.25) is 10.0 Å². The molecule has 2 N–H and O–H groups in total. The molecule has 0 aromatic heterocycles. The first-order chi connectivity index (χ1) is 9.49. The third kappa shape index (κ3) is 4.14. The number of hydrogen-bond acceptors (Lipinski definition) is 4. The third-order valence-electron chi connectivity index (χ3n) is 3.65. The van der Waals surface area contributed by atoms with Gasteiger partial charge in [-0.2, -0.15) is 0 Å². The summed E-state index contributed by atoms with van der Waals surface area (Å²) < 4.78 is 26.1. The first-order valence-electron chi connectivity index (χ1n) is 6.94. The molecular weight excluding hydrogens is 292 g/mol. The van der Waals surface area contributed by atoms with Gasteiger partial charge >= 0.3 is 0 Å². The molecule has 0 spiro atoms. The van der Waals surface area contributed by atoms with E-state index in [1.165, 1.54) is 11.8 Å². The topological polar surface area (TPSA) is 63.4 Å². The number of benzene rings is 1.